The number of aryl methyl sites for hydroxylation is 2. The maximum absolute atomic E-state index is 5.73. The number of pyridine rings is 1. The number of ether oxygens (including phenoxy) is 1. The summed E-state index contributed by atoms with van der Waals surface area (Å²) in [5.41, 5.74) is 2.20. The van der Waals surface area contributed by atoms with E-state index in [4.69, 9.17) is 16.3 Å². The average Bonchev–Trinajstić information content (AvgIpc) is 2.43. The van der Waals surface area contributed by atoms with E-state index in [0.29, 0.717) is 12.5 Å². The molecule has 0 unspecified atom stereocenters. The summed E-state index contributed by atoms with van der Waals surface area (Å²) in [6, 6.07) is 4.07. The molecule has 0 spiro atoms. The zero-order valence-corrected chi connectivity index (χ0v) is 11.6. The molecule has 2 aromatic heterocycles. The molecule has 0 amide bonds. The molecule has 4 nitrogen and oxygen atoms in total. The molecule has 0 aromatic carbocycles. The van der Waals surface area contributed by atoms with Crippen LogP contribution in [0, 0.1) is 6.92 Å². The molecule has 0 N–H and O–H groups in total. The van der Waals surface area contributed by atoms with Gasteiger partial charge in [0.1, 0.15) is 0 Å². The fraction of sp³-hybridized carbons (Fsp3) is 0.357. The number of unbranched alkanes of at least 4 members (excludes halogenated alkanes) is 1. The van der Waals surface area contributed by atoms with Crippen LogP contribution < -0.4 is 4.74 Å². The van der Waals surface area contributed by atoms with Gasteiger partial charge < -0.3 is 4.74 Å². The fourth-order valence-electron chi connectivity index (χ4n) is 1.70. The molecule has 100 valence electrons. The molecule has 0 aliphatic carbocycles. The van der Waals surface area contributed by atoms with Gasteiger partial charge in [0, 0.05) is 24.2 Å². The molecular formula is C14H16ClN3O. The third-order valence-electron chi connectivity index (χ3n) is 2.74. The van der Waals surface area contributed by atoms with Crippen molar-refractivity contribution in [3.05, 3.63) is 47.1 Å². The summed E-state index contributed by atoms with van der Waals surface area (Å²) in [6.07, 6.45) is 8.39. The molecule has 0 saturated carbocycles. The lowest BCUT2D eigenvalue weighted by Gasteiger charge is -2.07. The fourth-order valence-corrected chi connectivity index (χ4v) is 1.83. The Morgan fingerprint density at radius 3 is 2.79 bits per heavy atom. The maximum atomic E-state index is 5.73. The Hall–Kier alpha value is -1.68. The third-order valence-corrected chi connectivity index (χ3v) is 2.93. The molecule has 0 saturated heterocycles. The molecular weight excluding hydrogens is 262 g/mol. The van der Waals surface area contributed by atoms with Crippen molar-refractivity contribution in [3.8, 4) is 5.88 Å². The van der Waals surface area contributed by atoms with Crippen LogP contribution in [0.15, 0.2) is 30.7 Å². The molecule has 0 aliphatic heterocycles. The van der Waals surface area contributed by atoms with Crippen LogP contribution in [0.3, 0.4) is 0 Å². The van der Waals surface area contributed by atoms with Gasteiger partial charge in [-0.1, -0.05) is 0 Å². The van der Waals surface area contributed by atoms with Crippen molar-refractivity contribution in [1.82, 2.24) is 15.0 Å². The van der Waals surface area contributed by atoms with Crippen LogP contribution in [0.4, 0.5) is 0 Å². The van der Waals surface area contributed by atoms with E-state index in [0.717, 1.165) is 24.8 Å². The zero-order valence-electron chi connectivity index (χ0n) is 10.8. The van der Waals surface area contributed by atoms with Crippen LogP contribution in [0.2, 0.25) is 5.28 Å². The number of rotatable bonds is 6. The summed E-state index contributed by atoms with van der Waals surface area (Å²) in [7, 11) is 0. The normalized spacial score (nSPS) is 10.4. The number of aromatic nitrogens is 3. The van der Waals surface area contributed by atoms with Gasteiger partial charge in [-0.25, -0.2) is 4.98 Å². The van der Waals surface area contributed by atoms with Gasteiger partial charge in [-0.3, -0.25) is 4.98 Å². The average molecular weight is 278 g/mol. The van der Waals surface area contributed by atoms with Gasteiger partial charge in [0.15, 0.2) is 0 Å². The van der Waals surface area contributed by atoms with E-state index in [2.05, 4.69) is 15.0 Å². The van der Waals surface area contributed by atoms with Gasteiger partial charge in [0.05, 0.1) is 6.61 Å². The van der Waals surface area contributed by atoms with Gasteiger partial charge >= 0.3 is 0 Å². The molecule has 0 bridgehead atoms. The van der Waals surface area contributed by atoms with Crippen molar-refractivity contribution in [2.45, 2.75) is 26.2 Å². The second kappa shape index (κ2) is 7.04. The second-order valence-corrected chi connectivity index (χ2v) is 4.63. The van der Waals surface area contributed by atoms with E-state index >= 15 is 0 Å². The van der Waals surface area contributed by atoms with Crippen LogP contribution in [0.5, 0.6) is 5.88 Å². The minimum absolute atomic E-state index is 0.220. The Kier molecular flexibility index (Phi) is 5.10. The van der Waals surface area contributed by atoms with E-state index in [-0.39, 0.29) is 5.28 Å². The van der Waals surface area contributed by atoms with E-state index in [9.17, 15) is 0 Å². The lowest BCUT2D eigenvalue weighted by molar-refractivity contribution is 0.293. The molecule has 0 atom stereocenters. The zero-order chi connectivity index (χ0) is 13.5. The standard InChI is InChI=1S/C14H16ClN3O/c1-11-10-17-14(15)18-13(11)19-9-3-2-4-12-5-7-16-8-6-12/h5-8,10H,2-4,9H2,1H3. The molecule has 19 heavy (non-hydrogen) atoms. The minimum Gasteiger partial charge on any atom is -0.477 e. The highest BCUT2D eigenvalue weighted by Gasteiger charge is 2.03. The van der Waals surface area contributed by atoms with E-state index in [1.54, 1.807) is 6.20 Å². The van der Waals surface area contributed by atoms with Crippen molar-refractivity contribution < 1.29 is 4.74 Å². The lowest BCUT2D eigenvalue weighted by Crippen LogP contribution is -2.02. The van der Waals surface area contributed by atoms with E-state index < -0.39 is 0 Å². The molecule has 2 aromatic rings. The van der Waals surface area contributed by atoms with Gasteiger partial charge in [-0.15, -0.1) is 0 Å². The van der Waals surface area contributed by atoms with Gasteiger partial charge in [0.25, 0.3) is 0 Å². The molecule has 2 rings (SSSR count). The van der Waals surface area contributed by atoms with Crippen molar-refractivity contribution in [3.63, 3.8) is 0 Å². The SMILES string of the molecule is Cc1cnc(Cl)nc1OCCCCc1ccncc1. The summed E-state index contributed by atoms with van der Waals surface area (Å²) >= 11 is 5.73. The first-order chi connectivity index (χ1) is 9.25. The van der Waals surface area contributed by atoms with Crippen LogP contribution in [0.1, 0.15) is 24.0 Å². The summed E-state index contributed by atoms with van der Waals surface area (Å²) < 4.78 is 5.61. The van der Waals surface area contributed by atoms with Gasteiger partial charge in [-0.2, -0.15) is 4.98 Å². The predicted molar refractivity (Wildman–Crippen MR) is 74.4 cm³/mol. The number of nitrogens with zero attached hydrogens (tertiary/aromatic N) is 3. The topological polar surface area (TPSA) is 47.9 Å². The van der Waals surface area contributed by atoms with Crippen LogP contribution in [-0.4, -0.2) is 21.6 Å². The summed E-state index contributed by atoms with van der Waals surface area (Å²) in [4.78, 5) is 11.9. The highest BCUT2D eigenvalue weighted by molar-refractivity contribution is 6.28. The first-order valence-corrected chi connectivity index (χ1v) is 6.64. The Bertz CT molecular complexity index is 519. The van der Waals surface area contributed by atoms with Crippen LogP contribution in [-0.2, 0) is 6.42 Å². The quantitative estimate of drug-likeness (QED) is 0.601. The lowest BCUT2D eigenvalue weighted by atomic mass is 10.1. The van der Waals surface area contributed by atoms with E-state index in [1.807, 2.05) is 31.5 Å². The molecule has 0 radical (unpaired) electrons. The van der Waals surface area contributed by atoms with Crippen LogP contribution >= 0.6 is 11.6 Å². The van der Waals surface area contributed by atoms with Gasteiger partial charge in [0.2, 0.25) is 11.2 Å². The summed E-state index contributed by atoms with van der Waals surface area (Å²) in [5.74, 6) is 0.573. The van der Waals surface area contributed by atoms with Crippen molar-refractivity contribution in [1.29, 1.82) is 0 Å². The summed E-state index contributed by atoms with van der Waals surface area (Å²) in [5, 5.41) is 0.220. The predicted octanol–water partition coefficient (Wildman–Crippen LogP) is 3.24. The number of hydrogen-bond donors (Lipinski definition) is 0. The first kappa shape index (κ1) is 13.7. The van der Waals surface area contributed by atoms with Crippen molar-refractivity contribution in [2.24, 2.45) is 0 Å². The maximum Gasteiger partial charge on any atom is 0.225 e. The molecule has 5 heteroatoms. The Balaban J connectivity index is 1.71. The molecule has 0 fully saturated rings. The Morgan fingerprint density at radius 1 is 1.21 bits per heavy atom. The number of hydrogen-bond acceptors (Lipinski definition) is 4. The first-order valence-electron chi connectivity index (χ1n) is 6.26. The highest BCUT2D eigenvalue weighted by Crippen LogP contribution is 2.15. The van der Waals surface area contributed by atoms with Gasteiger partial charge in [-0.05, 0) is 55.5 Å². The van der Waals surface area contributed by atoms with E-state index in [1.165, 1.54) is 5.56 Å². The molecule has 2 heterocycles. The Labute approximate surface area is 117 Å². The monoisotopic (exact) mass is 277 g/mol. The highest BCUT2D eigenvalue weighted by atomic mass is 35.5. The Morgan fingerprint density at radius 2 is 2.00 bits per heavy atom. The minimum atomic E-state index is 0.220. The third kappa shape index (κ3) is 4.48. The number of halogens is 1. The van der Waals surface area contributed by atoms with Crippen molar-refractivity contribution in [2.75, 3.05) is 6.61 Å². The summed E-state index contributed by atoms with van der Waals surface area (Å²) in [6.45, 7) is 2.54. The van der Waals surface area contributed by atoms with Crippen LogP contribution in [0.25, 0.3) is 0 Å². The molecule has 0 aliphatic rings. The second-order valence-electron chi connectivity index (χ2n) is 4.29. The smallest absolute Gasteiger partial charge is 0.225 e. The largest absolute Gasteiger partial charge is 0.477 e. The van der Waals surface area contributed by atoms with Crippen molar-refractivity contribution >= 4 is 11.6 Å².